The highest BCUT2D eigenvalue weighted by atomic mass is 16.4. The predicted molar refractivity (Wildman–Crippen MR) is 89.7 cm³/mol. The van der Waals surface area contributed by atoms with Crippen molar-refractivity contribution in [1.29, 1.82) is 0 Å². The van der Waals surface area contributed by atoms with Crippen LogP contribution in [-0.2, 0) is 12.8 Å². The summed E-state index contributed by atoms with van der Waals surface area (Å²) in [7, 11) is 0. The maximum absolute atomic E-state index is 8.97. The van der Waals surface area contributed by atoms with Crippen LogP contribution >= 0.6 is 0 Å². The van der Waals surface area contributed by atoms with Crippen molar-refractivity contribution in [3.05, 3.63) is 28.8 Å². The van der Waals surface area contributed by atoms with Crippen LogP contribution in [0.5, 0.6) is 0 Å². The number of oxime groups is 1. The van der Waals surface area contributed by atoms with Gasteiger partial charge in [-0.15, -0.1) is 0 Å². The summed E-state index contributed by atoms with van der Waals surface area (Å²) in [5.74, 6) is 0.0680. The lowest BCUT2D eigenvalue weighted by atomic mass is 9.83. The van der Waals surface area contributed by atoms with Gasteiger partial charge in [-0.05, 0) is 40.9 Å². The van der Waals surface area contributed by atoms with Gasteiger partial charge in [0.25, 0.3) is 0 Å². The summed E-state index contributed by atoms with van der Waals surface area (Å²) >= 11 is 0. The van der Waals surface area contributed by atoms with E-state index in [1.54, 1.807) is 0 Å². The number of anilines is 1. The first-order valence-electron chi connectivity index (χ1n) is 7.32. The highest BCUT2D eigenvalue weighted by Crippen LogP contribution is 2.30. The van der Waals surface area contributed by atoms with E-state index in [4.69, 9.17) is 16.7 Å². The van der Waals surface area contributed by atoms with Crippen LogP contribution in [-0.4, -0.2) is 11.0 Å². The van der Waals surface area contributed by atoms with Crippen molar-refractivity contribution < 1.29 is 5.21 Å². The summed E-state index contributed by atoms with van der Waals surface area (Å²) in [4.78, 5) is 0. The van der Waals surface area contributed by atoms with E-state index in [1.165, 1.54) is 0 Å². The second-order valence-electron chi connectivity index (χ2n) is 8.18. The zero-order valence-electron chi connectivity index (χ0n) is 14.1. The van der Waals surface area contributed by atoms with Gasteiger partial charge in [0.2, 0.25) is 0 Å². The molecule has 0 amide bonds. The van der Waals surface area contributed by atoms with Crippen LogP contribution < -0.4 is 11.5 Å². The molecule has 0 fully saturated rings. The average Bonchev–Trinajstić information content (AvgIpc) is 2.28. The summed E-state index contributed by atoms with van der Waals surface area (Å²) in [6.07, 6.45) is 1.76. The minimum absolute atomic E-state index is 0.0680. The van der Waals surface area contributed by atoms with Crippen molar-refractivity contribution in [3.63, 3.8) is 0 Å². The Kier molecular flexibility index (Phi) is 4.92. The topological polar surface area (TPSA) is 84.6 Å². The van der Waals surface area contributed by atoms with E-state index in [0.717, 1.165) is 24.0 Å². The fourth-order valence-corrected chi connectivity index (χ4v) is 2.48. The Morgan fingerprint density at radius 2 is 1.57 bits per heavy atom. The molecule has 0 aliphatic heterocycles. The third-order valence-corrected chi connectivity index (χ3v) is 3.16. The van der Waals surface area contributed by atoms with Gasteiger partial charge < -0.3 is 16.7 Å². The van der Waals surface area contributed by atoms with E-state index in [-0.39, 0.29) is 16.7 Å². The van der Waals surface area contributed by atoms with E-state index in [2.05, 4.69) is 52.8 Å². The molecule has 4 nitrogen and oxygen atoms in total. The first kappa shape index (κ1) is 17.3. The first-order chi connectivity index (χ1) is 9.43. The third kappa shape index (κ3) is 5.29. The quantitative estimate of drug-likeness (QED) is 0.262. The van der Waals surface area contributed by atoms with Crippen LogP contribution in [0.15, 0.2) is 17.3 Å². The Labute approximate surface area is 128 Å². The standard InChI is InChI=1S/C17H29N3O/c1-16(2,3)9-11-7-12(10-17(4,5)6)14(18)13(8-11)15(19)20-21/h7-8,21H,9-10,18H2,1-6H3,(H2,19,20). The number of amidine groups is 1. The van der Waals surface area contributed by atoms with Gasteiger partial charge in [-0.25, -0.2) is 0 Å². The van der Waals surface area contributed by atoms with Crippen molar-refractivity contribution in [3.8, 4) is 0 Å². The van der Waals surface area contributed by atoms with E-state index < -0.39 is 0 Å². The van der Waals surface area contributed by atoms with Crippen LogP contribution in [0.1, 0.15) is 58.2 Å². The molecular formula is C17H29N3O. The molecular weight excluding hydrogens is 262 g/mol. The molecule has 0 aromatic heterocycles. The molecule has 0 radical (unpaired) electrons. The SMILES string of the molecule is CC(C)(C)Cc1cc(CC(C)(C)C)c(N)c(/C(N)=N/O)c1. The summed E-state index contributed by atoms with van der Waals surface area (Å²) in [5, 5.41) is 12.1. The smallest absolute Gasteiger partial charge is 0.172 e. The summed E-state index contributed by atoms with van der Waals surface area (Å²) in [6, 6.07) is 4.09. The third-order valence-electron chi connectivity index (χ3n) is 3.16. The molecule has 0 saturated carbocycles. The second kappa shape index (κ2) is 5.96. The minimum Gasteiger partial charge on any atom is -0.409 e. The van der Waals surface area contributed by atoms with Crippen molar-refractivity contribution in [1.82, 2.24) is 0 Å². The van der Waals surface area contributed by atoms with Gasteiger partial charge in [0.15, 0.2) is 5.84 Å². The lowest BCUT2D eigenvalue weighted by Crippen LogP contribution is -2.20. The van der Waals surface area contributed by atoms with E-state index in [0.29, 0.717) is 11.3 Å². The molecule has 0 unspecified atom stereocenters. The van der Waals surface area contributed by atoms with Crippen LogP contribution in [0.3, 0.4) is 0 Å². The summed E-state index contributed by atoms with van der Waals surface area (Å²) in [5.41, 5.74) is 15.8. The largest absolute Gasteiger partial charge is 0.409 e. The van der Waals surface area contributed by atoms with Crippen molar-refractivity contribution >= 4 is 11.5 Å². The molecule has 1 aromatic rings. The number of rotatable bonds is 3. The minimum atomic E-state index is 0.0680. The van der Waals surface area contributed by atoms with E-state index in [9.17, 15) is 0 Å². The normalized spacial score (nSPS) is 13.5. The molecule has 0 aliphatic carbocycles. The average molecular weight is 291 g/mol. The molecule has 0 heterocycles. The van der Waals surface area contributed by atoms with Crippen molar-refractivity contribution in [2.45, 2.75) is 54.4 Å². The van der Waals surface area contributed by atoms with E-state index >= 15 is 0 Å². The Morgan fingerprint density at radius 1 is 1.05 bits per heavy atom. The Bertz CT molecular complexity index is 534. The maximum atomic E-state index is 8.97. The van der Waals surface area contributed by atoms with Gasteiger partial charge in [0.05, 0.1) is 0 Å². The van der Waals surface area contributed by atoms with E-state index in [1.807, 2.05) is 6.07 Å². The molecule has 4 heteroatoms. The zero-order chi connectivity index (χ0) is 16.4. The number of nitrogens with zero attached hydrogens (tertiary/aromatic N) is 1. The molecule has 0 saturated heterocycles. The van der Waals surface area contributed by atoms with Crippen LogP contribution in [0.2, 0.25) is 0 Å². The summed E-state index contributed by atoms with van der Waals surface area (Å²) in [6.45, 7) is 13.1. The second-order valence-corrected chi connectivity index (χ2v) is 8.18. The first-order valence-corrected chi connectivity index (χ1v) is 7.32. The Hall–Kier alpha value is -1.71. The molecule has 21 heavy (non-hydrogen) atoms. The van der Waals surface area contributed by atoms with Gasteiger partial charge in [0, 0.05) is 11.3 Å². The summed E-state index contributed by atoms with van der Waals surface area (Å²) < 4.78 is 0. The Morgan fingerprint density at radius 3 is 2.00 bits per heavy atom. The molecule has 118 valence electrons. The van der Waals surface area contributed by atoms with Gasteiger partial charge in [-0.1, -0.05) is 52.8 Å². The monoisotopic (exact) mass is 291 g/mol. The molecule has 0 atom stereocenters. The lowest BCUT2D eigenvalue weighted by Gasteiger charge is -2.24. The Balaban J connectivity index is 3.38. The van der Waals surface area contributed by atoms with Gasteiger partial charge in [-0.3, -0.25) is 0 Å². The molecule has 1 rings (SSSR count). The lowest BCUT2D eigenvalue weighted by molar-refractivity contribution is 0.318. The molecule has 0 bridgehead atoms. The molecule has 0 spiro atoms. The van der Waals surface area contributed by atoms with Gasteiger partial charge >= 0.3 is 0 Å². The van der Waals surface area contributed by atoms with Gasteiger partial charge in [0.1, 0.15) is 0 Å². The molecule has 5 N–H and O–H groups in total. The fourth-order valence-electron chi connectivity index (χ4n) is 2.48. The number of hydrogen-bond acceptors (Lipinski definition) is 3. The molecule has 1 aromatic carbocycles. The number of hydrogen-bond donors (Lipinski definition) is 3. The van der Waals surface area contributed by atoms with Crippen molar-refractivity contribution in [2.24, 2.45) is 21.7 Å². The zero-order valence-corrected chi connectivity index (χ0v) is 14.1. The van der Waals surface area contributed by atoms with Crippen LogP contribution in [0.4, 0.5) is 5.69 Å². The highest BCUT2D eigenvalue weighted by Gasteiger charge is 2.19. The maximum Gasteiger partial charge on any atom is 0.172 e. The van der Waals surface area contributed by atoms with Crippen LogP contribution in [0.25, 0.3) is 0 Å². The van der Waals surface area contributed by atoms with Gasteiger partial charge in [-0.2, -0.15) is 0 Å². The van der Waals surface area contributed by atoms with Crippen molar-refractivity contribution in [2.75, 3.05) is 5.73 Å². The number of nitrogen functional groups attached to an aromatic ring is 1. The predicted octanol–water partition coefficient (Wildman–Crippen LogP) is 3.54. The number of nitrogens with two attached hydrogens (primary N) is 2. The molecule has 0 aliphatic rings. The number of benzene rings is 1. The van der Waals surface area contributed by atoms with Crippen LogP contribution in [0, 0.1) is 10.8 Å². The highest BCUT2D eigenvalue weighted by molar-refractivity contribution is 6.02. The fraction of sp³-hybridized carbons (Fsp3) is 0.588.